The monoisotopic (exact) mass is 402 g/mol. The van der Waals surface area contributed by atoms with Crippen molar-refractivity contribution in [1.82, 2.24) is 10.4 Å². The highest BCUT2D eigenvalue weighted by Crippen LogP contribution is 2.25. The van der Waals surface area contributed by atoms with E-state index in [2.05, 4.69) is 54.0 Å². The topological polar surface area (TPSA) is 75.6 Å². The molecule has 0 saturated carbocycles. The van der Waals surface area contributed by atoms with Crippen LogP contribution in [0, 0.1) is 11.8 Å². The summed E-state index contributed by atoms with van der Waals surface area (Å²) in [4.78, 5) is 14.1. The maximum Gasteiger partial charge on any atom is 0.299 e. The van der Waals surface area contributed by atoms with Crippen LogP contribution in [0.25, 0.3) is 5.57 Å². The predicted octanol–water partition coefficient (Wildman–Crippen LogP) is 2.96. The van der Waals surface area contributed by atoms with Gasteiger partial charge in [0.2, 0.25) is 4.75 Å². The number of carbonyl (C=O) groups excluding carboxylic acids is 1. The highest BCUT2D eigenvalue weighted by molar-refractivity contribution is 7.92. The summed E-state index contributed by atoms with van der Waals surface area (Å²) in [5.41, 5.74) is 5.24. The maximum absolute atomic E-state index is 12.0. The number of rotatable bonds is 7. The molecule has 0 spiro atoms. The van der Waals surface area contributed by atoms with Gasteiger partial charge in [0.1, 0.15) is 0 Å². The van der Waals surface area contributed by atoms with E-state index in [1.54, 1.807) is 12.4 Å². The van der Waals surface area contributed by atoms with Crippen molar-refractivity contribution in [2.24, 2.45) is 0 Å². The summed E-state index contributed by atoms with van der Waals surface area (Å²) in [6.07, 6.45) is 7.07. The predicted molar refractivity (Wildman–Crippen MR) is 114 cm³/mol. The molecule has 1 aromatic rings. The van der Waals surface area contributed by atoms with Crippen molar-refractivity contribution in [3.63, 3.8) is 0 Å². The fourth-order valence-corrected chi connectivity index (χ4v) is 3.80. The highest BCUT2D eigenvalue weighted by atomic mass is 32.2. The zero-order valence-corrected chi connectivity index (χ0v) is 17.8. The Balaban J connectivity index is 1.93. The molecule has 28 heavy (non-hydrogen) atoms. The van der Waals surface area contributed by atoms with Crippen LogP contribution in [0.3, 0.4) is 0 Å². The van der Waals surface area contributed by atoms with Crippen molar-refractivity contribution in [3.8, 4) is 11.8 Å². The molecule has 5 nitrogen and oxygen atoms in total. The van der Waals surface area contributed by atoms with Crippen LogP contribution in [0.2, 0.25) is 0 Å². The molecule has 1 amide bonds. The van der Waals surface area contributed by atoms with Gasteiger partial charge in [-0.3, -0.25) is 14.9 Å². The van der Waals surface area contributed by atoms with E-state index in [0.717, 1.165) is 37.9 Å². The molecule has 2 unspecified atom stereocenters. The quantitative estimate of drug-likeness (QED) is 0.318. The van der Waals surface area contributed by atoms with Crippen LogP contribution in [0.1, 0.15) is 50.7 Å². The van der Waals surface area contributed by atoms with E-state index in [-0.39, 0.29) is 0 Å². The Labute approximate surface area is 171 Å². The third kappa shape index (κ3) is 5.86. The number of nitrogens with zero attached hydrogens (tertiary/aromatic N) is 1. The molecule has 2 N–H and O–H groups in total. The minimum Gasteiger partial charge on any atom is -0.616 e. The number of carbonyl (C=O) groups is 1. The minimum absolute atomic E-state index is 0.427. The average Bonchev–Trinajstić information content (AvgIpc) is 2.72. The standard InChI is InChI=1S/C22H30N2O3S/c1-4-5-6-7-18-8-10-19(11-9-18)20-12-15-24(16-13-20)17-14-22(2,28(3)27)21(25)23-26/h8-12,26H,4-5,13-17H2,1-3H3,(H,23,25). The van der Waals surface area contributed by atoms with Gasteiger partial charge in [-0.2, -0.15) is 0 Å². The minimum atomic E-state index is -1.37. The third-order valence-corrected chi connectivity index (χ3v) is 6.94. The summed E-state index contributed by atoms with van der Waals surface area (Å²) in [6, 6.07) is 8.39. The Morgan fingerprint density at radius 3 is 2.64 bits per heavy atom. The molecule has 1 heterocycles. The van der Waals surface area contributed by atoms with Gasteiger partial charge in [0.25, 0.3) is 5.91 Å². The second kappa shape index (κ2) is 10.7. The van der Waals surface area contributed by atoms with E-state index in [9.17, 15) is 9.35 Å². The fourth-order valence-electron chi connectivity index (χ4n) is 3.11. The number of hydrogen-bond acceptors (Lipinski definition) is 4. The van der Waals surface area contributed by atoms with Gasteiger partial charge >= 0.3 is 0 Å². The molecule has 0 bridgehead atoms. The largest absolute Gasteiger partial charge is 0.616 e. The third-order valence-electron chi connectivity index (χ3n) is 5.28. The molecular weight excluding hydrogens is 372 g/mol. The van der Waals surface area contributed by atoms with E-state index in [0.29, 0.717) is 13.0 Å². The average molecular weight is 403 g/mol. The lowest BCUT2D eigenvalue weighted by atomic mass is 9.98. The van der Waals surface area contributed by atoms with Crippen molar-refractivity contribution < 1.29 is 14.6 Å². The first-order chi connectivity index (χ1) is 13.4. The summed E-state index contributed by atoms with van der Waals surface area (Å²) >= 11 is -1.37. The summed E-state index contributed by atoms with van der Waals surface area (Å²) in [6.45, 7) is 6.09. The molecule has 2 atom stereocenters. The highest BCUT2D eigenvalue weighted by Gasteiger charge is 2.42. The second-order valence-corrected chi connectivity index (χ2v) is 9.09. The van der Waals surface area contributed by atoms with Crippen LogP contribution in [0.5, 0.6) is 0 Å². The molecule has 1 aliphatic heterocycles. The van der Waals surface area contributed by atoms with E-state index in [1.165, 1.54) is 17.4 Å². The molecule has 1 aromatic carbocycles. The SMILES string of the molecule is CCCC#Cc1ccc(C2=CCN(CCC(C)(C(=O)NO)[S+](C)[O-])CC2)cc1. The summed E-state index contributed by atoms with van der Waals surface area (Å²) < 4.78 is 10.9. The summed E-state index contributed by atoms with van der Waals surface area (Å²) in [5.74, 6) is 5.75. The molecule has 0 aliphatic carbocycles. The van der Waals surface area contributed by atoms with Crippen molar-refractivity contribution in [1.29, 1.82) is 0 Å². The van der Waals surface area contributed by atoms with E-state index in [4.69, 9.17) is 5.21 Å². The first kappa shape index (κ1) is 22.5. The maximum atomic E-state index is 12.0. The molecule has 152 valence electrons. The number of benzene rings is 1. The Kier molecular flexibility index (Phi) is 8.58. The first-order valence-electron chi connectivity index (χ1n) is 9.69. The van der Waals surface area contributed by atoms with Crippen molar-refractivity contribution in [3.05, 3.63) is 41.5 Å². The molecule has 0 radical (unpaired) electrons. The summed E-state index contributed by atoms with van der Waals surface area (Å²) in [7, 11) is 0. The van der Waals surface area contributed by atoms with Gasteiger partial charge in [0, 0.05) is 38.0 Å². The van der Waals surface area contributed by atoms with E-state index in [1.807, 2.05) is 0 Å². The van der Waals surface area contributed by atoms with Crippen LogP contribution in [0.15, 0.2) is 30.3 Å². The Bertz CT molecular complexity index is 749. The number of nitrogens with one attached hydrogen (secondary N) is 1. The molecule has 2 rings (SSSR count). The number of amides is 1. The molecule has 1 aliphatic rings. The smallest absolute Gasteiger partial charge is 0.299 e. The van der Waals surface area contributed by atoms with Gasteiger partial charge in [0.15, 0.2) is 0 Å². The first-order valence-corrected chi connectivity index (χ1v) is 11.2. The van der Waals surface area contributed by atoms with Gasteiger partial charge < -0.3 is 4.55 Å². The van der Waals surface area contributed by atoms with E-state index < -0.39 is 21.8 Å². The van der Waals surface area contributed by atoms with Crippen molar-refractivity contribution in [2.75, 3.05) is 25.9 Å². The van der Waals surface area contributed by atoms with Crippen LogP contribution in [-0.4, -0.2) is 51.2 Å². The molecular formula is C22H30N2O3S. The molecule has 0 fully saturated rings. The molecule has 6 heteroatoms. The second-order valence-electron chi connectivity index (χ2n) is 7.29. The van der Waals surface area contributed by atoms with Crippen LogP contribution in [-0.2, 0) is 16.0 Å². The van der Waals surface area contributed by atoms with Crippen LogP contribution < -0.4 is 5.48 Å². The van der Waals surface area contributed by atoms with Crippen molar-refractivity contribution >= 4 is 22.7 Å². The number of hydroxylamine groups is 1. The van der Waals surface area contributed by atoms with E-state index >= 15 is 0 Å². The van der Waals surface area contributed by atoms with Crippen molar-refractivity contribution in [2.45, 2.75) is 44.3 Å². The van der Waals surface area contributed by atoms with Gasteiger partial charge in [0.05, 0.1) is 6.26 Å². The van der Waals surface area contributed by atoms with Gasteiger partial charge in [-0.1, -0.05) is 37.0 Å². The van der Waals surface area contributed by atoms with Gasteiger partial charge in [-0.05, 0) is 54.2 Å². The fraction of sp³-hybridized carbons (Fsp3) is 0.500. The van der Waals surface area contributed by atoms with Crippen LogP contribution in [0.4, 0.5) is 0 Å². The normalized spacial score (nSPS) is 17.7. The summed E-state index contributed by atoms with van der Waals surface area (Å²) in [5, 5.41) is 8.93. The lowest BCUT2D eigenvalue weighted by molar-refractivity contribution is -0.131. The van der Waals surface area contributed by atoms with Gasteiger partial charge in [-0.25, -0.2) is 5.48 Å². The van der Waals surface area contributed by atoms with Gasteiger partial charge in [-0.15, -0.1) is 0 Å². The number of unbranched alkanes of at least 4 members (excludes halogenated alkanes) is 1. The number of hydrogen-bond donors (Lipinski definition) is 2. The Hall–Kier alpha value is -1.78. The lowest BCUT2D eigenvalue weighted by Crippen LogP contribution is -2.51. The lowest BCUT2D eigenvalue weighted by Gasteiger charge is -2.32. The zero-order chi connectivity index (χ0) is 20.6. The Morgan fingerprint density at radius 1 is 1.39 bits per heavy atom. The molecule has 0 aromatic heterocycles. The molecule has 0 saturated heterocycles. The Morgan fingerprint density at radius 2 is 2.11 bits per heavy atom. The van der Waals surface area contributed by atoms with Crippen LogP contribution >= 0.6 is 0 Å². The zero-order valence-electron chi connectivity index (χ0n) is 17.0.